The standard InChI is InChI=1S/C30H35F2N5O4/c1-2-3-9-25(34-29(39)22-10-11-23(31)24(32)19-22)27(38)28-35-26(41-36-28)18-21-13-16-37(17-14-21)30(40)33-15-12-20-7-5-4-6-8-20/h4-8,10-11,19,21,25H,2-3,9,12-18H2,1H3,(H,33,40)(H,34,39). The lowest BCUT2D eigenvalue weighted by molar-refractivity contribution is 0.0843. The van der Waals surface area contributed by atoms with Gasteiger partial charge >= 0.3 is 6.03 Å². The molecule has 1 aromatic heterocycles. The van der Waals surface area contributed by atoms with E-state index in [0.29, 0.717) is 44.8 Å². The molecule has 11 heteroatoms. The van der Waals surface area contributed by atoms with Gasteiger partial charge in [0.25, 0.3) is 5.91 Å². The van der Waals surface area contributed by atoms with Crippen LogP contribution in [0.5, 0.6) is 0 Å². The van der Waals surface area contributed by atoms with Crippen LogP contribution in [0.4, 0.5) is 13.6 Å². The van der Waals surface area contributed by atoms with Crippen molar-refractivity contribution >= 4 is 17.7 Å². The molecule has 0 aliphatic carbocycles. The van der Waals surface area contributed by atoms with Gasteiger partial charge in [-0.2, -0.15) is 4.98 Å². The summed E-state index contributed by atoms with van der Waals surface area (Å²) in [7, 11) is 0. The molecule has 1 aliphatic heterocycles. The summed E-state index contributed by atoms with van der Waals surface area (Å²) in [5.41, 5.74) is 1.08. The highest BCUT2D eigenvalue weighted by Gasteiger charge is 2.29. The third-order valence-corrected chi connectivity index (χ3v) is 7.24. The van der Waals surface area contributed by atoms with Gasteiger partial charge in [-0.1, -0.05) is 55.3 Å². The van der Waals surface area contributed by atoms with Gasteiger partial charge in [0.05, 0.1) is 6.04 Å². The monoisotopic (exact) mass is 567 g/mol. The first kappa shape index (κ1) is 29.8. The van der Waals surface area contributed by atoms with Crippen LogP contribution in [0.15, 0.2) is 53.1 Å². The van der Waals surface area contributed by atoms with E-state index in [4.69, 9.17) is 4.52 Å². The fraction of sp³-hybridized carbons (Fsp3) is 0.433. The van der Waals surface area contributed by atoms with Crippen molar-refractivity contribution in [1.29, 1.82) is 0 Å². The fourth-order valence-electron chi connectivity index (χ4n) is 4.81. The lowest BCUT2D eigenvalue weighted by atomic mass is 9.93. The van der Waals surface area contributed by atoms with Gasteiger partial charge in [-0.3, -0.25) is 9.59 Å². The van der Waals surface area contributed by atoms with Crippen LogP contribution < -0.4 is 10.6 Å². The van der Waals surface area contributed by atoms with Crippen LogP contribution in [-0.4, -0.2) is 58.4 Å². The number of carbonyl (C=O) groups is 3. The fourth-order valence-corrected chi connectivity index (χ4v) is 4.81. The molecule has 0 bridgehead atoms. The Morgan fingerprint density at radius 2 is 1.83 bits per heavy atom. The van der Waals surface area contributed by atoms with Gasteiger partial charge in [0.1, 0.15) is 0 Å². The Labute approximate surface area is 237 Å². The first-order valence-electron chi connectivity index (χ1n) is 14.0. The molecule has 1 saturated heterocycles. The number of nitrogens with one attached hydrogen (secondary N) is 2. The molecule has 1 aliphatic rings. The first-order chi connectivity index (χ1) is 19.8. The number of likely N-dealkylation sites (tertiary alicyclic amines) is 1. The maximum Gasteiger partial charge on any atom is 0.317 e. The second-order valence-corrected chi connectivity index (χ2v) is 10.3. The van der Waals surface area contributed by atoms with Gasteiger partial charge in [-0.05, 0) is 55.4 Å². The number of halogens is 2. The summed E-state index contributed by atoms with van der Waals surface area (Å²) in [6, 6.07) is 11.8. The Bertz CT molecular complexity index is 1330. The average molecular weight is 568 g/mol. The largest absolute Gasteiger partial charge is 0.342 e. The highest BCUT2D eigenvalue weighted by Crippen LogP contribution is 2.21. The highest BCUT2D eigenvalue weighted by atomic mass is 19.2. The van der Waals surface area contributed by atoms with E-state index in [2.05, 4.69) is 20.8 Å². The van der Waals surface area contributed by atoms with Crippen LogP contribution in [-0.2, 0) is 12.8 Å². The summed E-state index contributed by atoms with van der Waals surface area (Å²) in [6.45, 7) is 3.74. The zero-order chi connectivity index (χ0) is 29.2. The van der Waals surface area contributed by atoms with Crippen molar-refractivity contribution in [3.63, 3.8) is 0 Å². The minimum absolute atomic E-state index is 0.0754. The van der Waals surface area contributed by atoms with Crippen molar-refractivity contribution in [1.82, 2.24) is 25.7 Å². The lowest BCUT2D eigenvalue weighted by Crippen LogP contribution is -2.45. The summed E-state index contributed by atoms with van der Waals surface area (Å²) in [6.07, 6.45) is 4.55. The molecule has 1 fully saturated rings. The van der Waals surface area contributed by atoms with E-state index in [0.717, 1.165) is 43.9 Å². The quantitative estimate of drug-likeness (QED) is 0.306. The Kier molecular flexibility index (Phi) is 10.5. The van der Waals surface area contributed by atoms with Crippen LogP contribution in [0, 0.1) is 17.6 Å². The first-order valence-corrected chi connectivity index (χ1v) is 14.0. The van der Waals surface area contributed by atoms with Crippen LogP contribution >= 0.6 is 0 Å². The highest BCUT2D eigenvalue weighted by molar-refractivity contribution is 6.02. The predicted octanol–water partition coefficient (Wildman–Crippen LogP) is 4.73. The summed E-state index contributed by atoms with van der Waals surface area (Å²) in [5.74, 6) is -3.01. The molecule has 218 valence electrons. The van der Waals surface area contributed by atoms with E-state index in [1.807, 2.05) is 37.3 Å². The van der Waals surface area contributed by atoms with Gasteiger partial charge < -0.3 is 20.1 Å². The van der Waals surface area contributed by atoms with Gasteiger partial charge in [0.15, 0.2) is 11.6 Å². The number of rotatable bonds is 12. The summed E-state index contributed by atoms with van der Waals surface area (Å²) < 4.78 is 32.2. The number of hydrogen-bond donors (Lipinski definition) is 2. The zero-order valence-corrected chi connectivity index (χ0v) is 23.1. The predicted molar refractivity (Wildman–Crippen MR) is 147 cm³/mol. The Balaban J connectivity index is 1.26. The summed E-state index contributed by atoms with van der Waals surface area (Å²) in [5, 5.41) is 9.43. The van der Waals surface area contributed by atoms with Gasteiger partial charge in [0, 0.05) is 31.6 Å². The van der Waals surface area contributed by atoms with Crippen molar-refractivity contribution in [3.05, 3.63) is 83.0 Å². The minimum Gasteiger partial charge on any atom is -0.342 e. The molecular formula is C30H35F2N5O4. The van der Waals surface area contributed by atoms with E-state index in [9.17, 15) is 23.2 Å². The molecule has 0 spiro atoms. The second-order valence-electron chi connectivity index (χ2n) is 10.3. The van der Waals surface area contributed by atoms with E-state index >= 15 is 0 Å². The second kappa shape index (κ2) is 14.5. The number of ketones is 1. The number of piperidine rings is 1. The van der Waals surface area contributed by atoms with Gasteiger partial charge in [0.2, 0.25) is 17.5 Å². The molecule has 3 aromatic rings. The number of Topliss-reactive ketones (excluding diaryl/α,β-unsaturated/α-hetero) is 1. The van der Waals surface area contributed by atoms with Gasteiger partial charge in [-0.15, -0.1) is 0 Å². The van der Waals surface area contributed by atoms with E-state index < -0.39 is 29.4 Å². The normalized spacial score (nSPS) is 14.5. The number of amides is 3. The van der Waals surface area contributed by atoms with Crippen molar-refractivity contribution < 1.29 is 27.7 Å². The average Bonchev–Trinajstić information content (AvgIpc) is 3.45. The third-order valence-electron chi connectivity index (χ3n) is 7.24. The van der Waals surface area contributed by atoms with Crippen LogP contribution in [0.25, 0.3) is 0 Å². The van der Waals surface area contributed by atoms with Gasteiger partial charge in [-0.25, -0.2) is 13.6 Å². The SMILES string of the molecule is CCCCC(NC(=O)c1ccc(F)c(F)c1)C(=O)c1noc(CC2CCN(C(=O)NCCc3ccccc3)CC2)n1. The number of carbonyl (C=O) groups excluding carboxylic acids is 3. The summed E-state index contributed by atoms with van der Waals surface area (Å²) in [4.78, 5) is 44.4. The van der Waals surface area contributed by atoms with Crippen LogP contribution in [0.3, 0.4) is 0 Å². The number of urea groups is 1. The van der Waals surface area contributed by atoms with E-state index in [1.54, 1.807) is 4.90 Å². The van der Waals surface area contributed by atoms with Crippen LogP contribution in [0.2, 0.25) is 0 Å². The molecule has 1 atom stereocenters. The molecule has 3 amide bonds. The molecule has 0 radical (unpaired) electrons. The number of unbranched alkanes of at least 4 members (excludes halogenated alkanes) is 1. The molecule has 2 aromatic carbocycles. The Morgan fingerprint density at radius 1 is 1.07 bits per heavy atom. The van der Waals surface area contributed by atoms with E-state index in [1.165, 1.54) is 5.56 Å². The van der Waals surface area contributed by atoms with Crippen molar-refractivity contribution in [2.45, 2.75) is 57.9 Å². The maximum atomic E-state index is 13.6. The molecule has 1 unspecified atom stereocenters. The molecule has 2 heterocycles. The Hall–Kier alpha value is -4.15. The van der Waals surface area contributed by atoms with E-state index in [-0.39, 0.29) is 23.3 Å². The molecule has 2 N–H and O–H groups in total. The number of hydrogen-bond acceptors (Lipinski definition) is 6. The summed E-state index contributed by atoms with van der Waals surface area (Å²) >= 11 is 0. The van der Waals surface area contributed by atoms with Crippen molar-refractivity contribution in [3.8, 4) is 0 Å². The zero-order valence-electron chi connectivity index (χ0n) is 23.1. The molecule has 0 saturated carbocycles. The molecule has 41 heavy (non-hydrogen) atoms. The van der Waals surface area contributed by atoms with Crippen LogP contribution in [0.1, 0.15) is 71.5 Å². The Morgan fingerprint density at radius 3 is 2.54 bits per heavy atom. The lowest BCUT2D eigenvalue weighted by Gasteiger charge is -2.31. The topological polar surface area (TPSA) is 117 Å². The number of aromatic nitrogens is 2. The smallest absolute Gasteiger partial charge is 0.317 e. The minimum atomic E-state index is -1.15. The third kappa shape index (κ3) is 8.42. The molecular weight excluding hydrogens is 532 g/mol. The molecule has 4 rings (SSSR count). The number of nitrogens with zero attached hydrogens (tertiary/aromatic N) is 3. The van der Waals surface area contributed by atoms with Crippen molar-refractivity contribution in [2.75, 3.05) is 19.6 Å². The van der Waals surface area contributed by atoms with Crippen molar-refractivity contribution in [2.24, 2.45) is 5.92 Å². The molecule has 9 nitrogen and oxygen atoms in total. The number of benzene rings is 2. The maximum absolute atomic E-state index is 13.6.